The summed E-state index contributed by atoms with van der Waals surface area (Å²) in [7, 11) is 0. The fourth-order valence-electron chi connectivity index (χ4n) is 2.01. The van der Waals surface area contributed by atoms with Gasteiger partial charge in [0.25, 0.3) is 5.91 Å². The van der Waals surface area contributed by atoms with Gasteiger partial charge in [-0.3, -0.25) is 4.79 Å². The fraction of sp³-hybridized carbons (Fsp3) is 0.263. The largest absolute Gasteiger partial charge is 0.506 e. The van der Waals surface area contributed by atoms with E-state index in [0.29, 0.717) is 22.4 Å². The van der Waals surface area contributed by atoms with E-state index in [1.807, 2.05) is 0 Å². The number of hydrogen-bond donors (Lipinski definition) is 2. The standard InChI is InChI=1S/C19H20Br2N2O4/c1-2-3-8-26-15-4-6-16(7-5-15)27-12-18(24)23-22-11-13-9-14(20)10-17(21)19(13)25/h4-7,9-11,25H,2-3,8,12H2,1H3,(H,23,24). The normalized spacial score (nSPS) is 10.8. The first-order valence-corrected chi connectivity index (χ1v) is 9.93. The number of benzene rings is 2. The molecule has 0 aliphatic rings. The number of hydrazone groups is 1. The summed E-state index contributed by atoms with van der Waals surface area (Å²) in [6.45, 7) is 2.61. The molecule has 0 saturated carbocycles. The van der Waals surface area contributed by atoms with Gasteiger partial charge in [0, 0.05) is 10.0 Å². The molecule has 0 radical (unpaired) electrons. The molecule has 2 rings (SSSR count). The zero-order valence-electron chi connectivity index (χ0n) is 14.7. The van der Waals surface area contributed by atoms with Crippen LogP contribution in [0.3, 0.4) is 0 Å². The van der Waals surface area contributed by atoms with E-state index in [9.17, 15) is 9.90 Å². The Bertz CT molecular complexity index is 795. The number of ether oxygens (including phenoxy) is 2. The van der Waals surface area contributed by atoms with Crippen molar-refractivity contribution in [1.29, 1.82) is 0 Å². The van der Waals surface area contributed by atoms with Gasteiger partial charge < -0.3 is 14.6 Å². The van der Waals surface area contributed by atoms with E-state index in [1.165, 1.54) is 6.21 Å². The Morgan fingerprint density at radius 1 is 1.19 bits per heavy atom. The molecule has 0 unspecified atom stereocenters. The van der Waals surface area contributed by atoms with Crippen molar-refractivity contribution in [2.45, 2.75) is 19.8 Å². The number of phenolic OH excluding ortho intramolecular Hbond substituents is 1. The maximum atomic E-state index is 11.8. The monoisotopic (exact) mass is 498 g/mol. The SMILES string of the molecule is CCCCOc1ccc(OCC(=O)NN=Cc2cc(Br)cc(Br)c2O)cc1. The molecule has 8 heteroatoms. The van der Waals surface area contributed by atoms with Crippen LogP contribution in [0.1, 0.15) is 25.3 Å². The highest BCUT2D eigenvalue weighted by atomic mass is 79.9. The molecular formula is C19H20Br2N2O4. The summed E-state index contributed by atoms with van der Waals surface area (Å²) < 4.78 is 12.3. The first-order valence-electron chi connectivity index (χ1n) is 8.35. The van der Waals surface area contributed by atoms with E-state index < -0.39 is 5.91 Å². The molecule has 2 aromatic rings. The minimum absolute atomic E-state index is 0.0358. The first kappa shape index (κ1) is 21.2. The summed E-state index contributed by atoms with van der Waals surface area (Å²) in [5.41, 5.74) is 2.81. The second-order valence-corrected chi connectivity index (χ2v) is 7.35. The molecule has 0 aliphatic heterocycles. The number of aromatic hydroxyl groups is 1. The number of unbranched alkanes of at least 4 members (excludes halogenated alkanes) is 1. The van der Waals surface area contributed by atoms with Crippen LogP contribution in [0.25, 0.3) is 0 Å². The smallest absolute Gasteiger partial charge is 0.277 e. The first-order chi connectivity index (χ1) is 13.0. The second-order valence-electron chi connectivity index (χ2n) is 5.58. The van der Waals surface area contributed by atoms with Crippen molar-refractivity contribution in [2.75, 3.05) is 13.2 Å². The molecule has 0 spiro atoms. The fourth-order valence-corrected chi connectivity index (χ4v) is 3.26. The number of phenols is 1. The highest BCUT2D eigenvalue weighted by Crippen LogP contribution is 2.30. The van der Waals surface area contributed by atoms with Gasteiger partial charge in [-0.2, -0.15) is 5.10 Å². The lowest BCUT2D eigenvalue weighted by molar-refractivity contribution is -0.123. The van der Waals surface area contributed by atoms with E-state index >= 15 is 0 Å². The van der Waals surface area contributed by atoms with Crippen LogP contribution in [-0.4, -0.2) is 30.4 Å². The van der Waals surface area contributed by atoms with E-state index in [2.05, 4.69) is 49.3 Å². The minimum Gasteiger partial charge on any atom is -0.506 e. The lowest BCUT2D eigenvalue weighted by Crippen LogP contribution is -2.24. The van der Waals surface area contributed by atoms with E-state index in [1.54, 1.807) is 36.4 Å². The van der Waals surface area contributed by atoms with Crippen molar-refractivity contribution in [3.63, 3.8) is 0 Å². The van der Waals surface area contributed by atoms with Crippen molar-refractivity contribution in [3.8, 4) is 17.2 Å². The summed E-state index contributed by atoms with van der Waals surface area (Å²) in [5, 5.41) is 13.7. The van der Waals surface area contributed by atoms with Crippen LogP contribution >= 0.6 is 31.9 Å². The van der Waals surface area contributed by atoms with Crippen LogP contribution in [0.15, 0.2) is 50.4 Å². The summed E-state index contributed by atoms with van der Waals surface area (Å²) in [6.07, 6.45) is 3.44. The Balaban J connectivity index is 1.79. The lowest BCUT2D eigenvalue weighted by atomic mass is 10.2. The Kier molecular flexibility index (Phi) is 8.60. The van der Waals surface area contributed by atoms with Crippen LogP contribution in [-0.2, 0) is 4.79 Å². The van der Waals surface area contributed by atoms with Crippen molar-refractivity contribution < 1.29 is 19.4 Å². The molecule has 0 aliphatic carbocycles. The summed E-state index contributed by atoms with van der Waals surface area (Å²) in [6, 6.07) is 10.5. The van der Waals surface area contributed by atoms with Crippen molar-refractivity contribution in [1.82, 2.24) is 5.43 Å². The number of nitrogens with zero attached hydrogens (tertiary/aromatic N) is 1. The molecule has 1 amide bonds. The molecular weight excluding hydrogens is 480 g/mol. The Labute approximate surface area is 174 Å². The van der Waals surface area contributed by atoms with E-state index in [4.69, 9.17) is 9.47 Å². The van der Waals surface area contributed by atoms with Gasteiger partial charge in [-0.1, -0.05) is 29.3 Å². The van der Waals surface area contributed by atoms with Crippen LogP contribution in [0.5, 0.6) is 17.2 Å². The molecule has 144 valence electrons. The number of halogens is 2. The van der Waals surface area contributed by atoms with Gasteiger partial charge in [0.1, 0.15) is 17.2 Å². The molecule has 2 aromatic carbocycles. The van der Waals surface area contributed by atoms with Gasteiger partial charge in [0.2, 0.25) is 0 Å². The molecule has 0 bridgehead atoms. The van der Waals surface area contributed by atoms with E-state index in [-0.39, 0.29) is 12.4 Å². The van der Waals surface area contributed by atoms with Gasteiger partial charge >= 0.3 is 0 Å². The number of carbonyl (C=O) groups excluding carboxylic acids is 1. The Morgan fingerprint density at radius 3 is 2.52 bits per heavy atom. The van der Waals surface area contributed by atoms with Crippen molar-refractivity contribution in [2.24, 2.45) is 5.10 Å². The molecule has 2 N–H and O–H groups in total. The second kappa shape index (κ2) is 10.9. The van der Waals surface area contributed by atoms with Crippen LogP contribution in [0, 0.1) is 0 Å². The highest BCUT2D eigenvalue weighted by molar-refractivity contribution is 9.11. The molecule has 27 heavy (non-hydrogen) atoms. The average molecular weight is 500 g/mol. The molecule has 6 nitrogen and oxygen atoms in total. The quantitative estimate of drug-likeness (QED) is 0.299. The molecule has 0 atom stereocenters. The third-order valence-corrected chi connectivity index (χ3v) is 4.47. The maximum Gasteiger partial charge on any atom is 0.277 e. The zero-order valence-corrected chi connectivity index (χ0v) is 17.9. The number of carbonyl (C=O) groups is 1. The highest BCUT2D eigenvalue weighted by Gasteiger charge is 2.06. The van der Waals surface area contributed by atoms with Gasteiger partial charge in [0.15, 0.2) is 6.61 Å². The van der Waals surface area contributed by atoms with Gasteiger partial charge in [-0.25, -0.2) is 5.43 Å². The molecule has 0 fully saturated rings. The minimum atomic E-state index is -0.414. The molecule has 0 saturated heterocycles. The molecule has 0 heterocycles. The average Bonchev–Trinajstić information content (AvgIpc) is 2.65. The predicted octanol–water partition coefficient (Wildman–Crippen LogP) is 4.63. The number of hydrogen-bond acceptors (Lipinski definition) is 5. The number of nitrogens with one attached hydrogen (secondary N) is 1. The Morgan fingerprint density at radius 2 is 1.85 bits per heavy atom. The van der Waals surface area contributed by atoms with Crippen LogP contribution < -0.4 is 14.9 Å². The van der Waals surface area contributed by atoms with Gasteiger partial charge in [0.05, 0.1) is 17.3 Å². The zero-order chi connectivity index (χ0) is 19.6. The van der Waals surface area contributed by atoms with Crippen LogP contribution in [0.4, 0.5) is 0 Å². The number of rotatable bonds is 9. The summed E-state index contributed by atoms with van der Waals surface area (Å²) >= 11 is 6.56. The van der Waals surface area contributed by atoms with Crippen molar-refractivity contribution in [3.05, 3.63) is 50.9 Å². The van der Waals surface area contributed by atoms with Crippen LogP contribution in [0.2, 0.25) is 0 Å². The predicted molar refractivity (Wildman–Crippen MR) is 112 cm³/mol. The molecule has 0 aromatic heterocycles. The third kappa shape index (κ3) is 7.22. The van der Waals surface area contributed by atoms with Gasteiger partial charge in [-0.05, 0) is 58.7 Å². The topological polar surface area (TPSA) is 80.2 Å². The number of amides is 1. The van der Waals surface area contributed by atoms with Crippen molar-refractivity contribution >= 4 is 44.0 Å². The lowest BCUT2D eigenvalue weighted by Gasteiger charge is -2.08. The Hall–Kier alpha value is -2.06. The van der Waals surface area contributed by atoms with Gasteiger partial charge in [-0.15, -0.1) is 0 Å². The third-order valence-electron chi connectivity index (χ3n) is 3.41. The van der Waals surface area contributed by atoms with E-state index in [0.717, 1.165) is 23.1 Å². The summed E-state index contributed by atoms with van der Waals surface area (Å²) in [4.78, 5) is 11.8. The summed E-state index contributed by atoms with van der Waals surface area (Å²) in [5.74, 6) is 0.951. The maximum absolute atomic E-state index is 11.8.